The van der Waals surface area contributed by atoms with Gasteiger partial charge in [-0.2, -0.15) is 0 Å². The molecule has 0 saturated heterocycles. The Bertz CT molecular complexity index is 918. The Kier molecular flexibility index (Phi) is 12.2. The van der Waals surface area contributed by atoms with Crippen LogP contribution in [-0.2, 0) is 9.59 Å². The van der Waals surface area contributed by atoms with Crippen LogP contribution in [0.1, 0.15) is 100 Å². The molecule has 0 saturated carbocycles. The summed E-state index contributed by atoms with van der Waals surface area (Å²) in [6.45, 7) is 16.0. The molecule has 0 radical (unpaired) electrons. The van der Waals surface area contributed by atoms with E-state index >= 15 is 0 Å². The van der Waals surface area contributed by atoms with Crippen LogP contribution in [0.3, 0.4) is 0 Å². The van der Waals surface area contributed by atoms with E-state index in [1.807, 2.05) is 32.9 Å². The highest BCUT2D eigenvalue weighted by atomic mass is 16.3. The lowest BCUT2D eigenvalue weighted by molar-refractivity contribution is -0.124. The third-order valence-electron chi connectivity index (χ3n) is 6.77. The number of ketones is 2. The van der Waals surface area contributed by atoms with E-state index in [0.717, 1.165) is 42.9 Å². The molecule has 2 N–H and O–H groups in total. The van der Waals surface area contributed by atoms with Gasteiger partial charge in [-0.15, -0.1) is 0 Å². The molecule has 0 aromatic carbocycles. The molecule has 0 aromatic rings. The van der Waals surface area contributed by atoms with E-state index in [9.17, 15) is 19.8 Å². The Hall–Kier alpha value is -2.62. The average Bonchev–Trinajstić information content (AvgIpc) is 2.77. The summed E-state index contributed by atoms with van der Waals surface area (Å²) >= 11 is 0. The molecule has 35 heavy (non-hydrogen) atoms. The van der Waals surface area contributed by atoms with E-state index in [2.05, 4.69) is 39.8 Å². The predicted octanol–water partition coefficient (Wildman–Crippen LogP) is 8.59. The third-order valence-corrected chi connectivity index (χ3v) is 6.77. The van der Waals surface area contributed by atoms with Crippen LogP contribution in [0, 0.1) is 11.3 Å². The van der Waals surface area contributed by atoms with Crippen molar-refractivity contribution in [3.05, 3.63) is 69.8 Å². The van der Waals surface area contributed by atoms with Crippen LogP contribution in [0.2, 0.25) is 0 Å². The minimum Gasteiger partial charge on any atom is -0.510 e. The van der Waals surface area contributed by atoms with Crippen molar-refractivity contribution in [3.8, 4) is 0 Å². The van der Waals surface area contributed by atoms with Gasteiger partial charge < -0.3 is 10.2 Å². The summed E-state index contributed by atoms with van der Waals surface area (Å²) < 4.78 is 0. The Morgan fingerprint density at radius 3 is 1.74 bits per heavy atom. The zero-order valence-electron chi connectivity index (χ0n) is 23.1. The minimum atomic E-state index is -1.29. The van der Waals surface area contributed by atoms with Gasteiger partial charge >= 0.3 is 0 Å². The van der Waals surface area contributed by atoms with E-state index < -0.39 is 11.2 Å². The number of allylic oxidation sites excluding steroid dienone is 11. The zero-order chi connectivity index (χ0) is 26.8. The van der Waals surface area contributed by atoms with Gasteiger partial charge in [0.2, 0.25) is 0 Å². The van der Waals surface area contributed by atoms with Gasteiger partial charge in [0.05, 0.1) is 11.0 Å². The van der Waals surface area contributed by atoms with Gasteiger partial charge in [-0.1, -0.05) is 60.4 Å². The first kappa shape index (κ1) is 30.4. The molecular weight excluding hydrogens is 436 g/mol. The Balaban J connectivity index is 3.45. The number of rotatable bonds is 13. The second kappa shape index (κ2) is 14.1. The fraction of sp³-hybridized carbons (Fsp3) is 0.548. The molecule has 0 aromatic heterocycles. The summed E-state index contributed by atoms with van der Waals surface area (Å²) in [6.07, 6.45) is 14.2. The minimum absolute atomic E-state index is 0.106. The van der Waals surface area contributed by atoms with Crippen molar-refractivity contribution in [2.24, 2.45) is 11.3 Å². The molecule has 1 rings (SSSR count). The second-order valence-corrected chi connectivity index (χ2v) is 10.5. The van der Waals surface area contributed by atoms with Gasteiger partial charge in [0, 0.05) is 12.0 Å². The molecule has 194 valence electrons. The van der Waals surface area contributed by atoms with Crippen molar-refractivity contribution < 1.29 is 19.8 Å². The highest BCUT2D eigenvalue weighted by molar-refractivity contribution is 6.08. The quantitative estimate of drug-likeness (QED) is 0.258. The van der Waals surface area contributed by atoms with Gasteiger partial charge in [-0.05, 0) is 86.5 Å². The summed E-state index contributed by atoms with van der Waals surface area (Å²) in [5, 5.41) is 21.9. The van der Waals surface area contributed by atoms with Crippen molar-refractivity contribution in [1.29, 1.82) is 0 Å². The van der Waals surface area contributed by atoms with Gasteiger partial charge in [0.15, 0.2) is 11.6 Å². The van der Waals surface area contributed by atoms with Gasteiger partial charge in [0.25, 0.3) is 0 Å². The number of Topliss-reactive ketones (excluding diaryl/α,β-unsaturated/α-hetero) is 1. The molecule has 1 atom stereocenters. The maximum atomic E-state index is 13.4. The first-order valence-electron chi connectivity index (χ1n) is 12.9. The molecule has 0 amide bonds. The number of carbonyl (C=O) groups excluding carboxylic acids is 2. The summed E-state index contributed by atoms with van der Waals surface area (Å²) in [5.41, 5.74) is 3.38. The van der Waals surface area contributed by atoms with Gasteiger partial charge in [-0.3, -0.25) is 9.59 Å². The molecule has 0 spiro atoms. The lowest BCUT2D eigenvalue weighted by Crippen LogP contribution is -2.37. The normalized spacial score (nSPS) is 19.9. The summed E-state index contributed by atoms with van der Waals surface area (Å²) in [6, 6.07) is 0. The molecule has 0 bridgehead atoms. The smallest absolute Gasteiger partial charge is 0.173 e. The van der Waals surface area contributed by atoms with Crippen molar-refractivity contribution in [2.45, 2.75) is 100 Å². The fourth-order valence-corrected chi connectivity index (χ4v) is 4.04. The highest BCUT2D eigenvalue weighted by Gasteiger charge is 2.46. The van der Waals surface area contributed by atoms with Crippen LogP contribution in [0.15, 0.2) is 69.8 Å². The summed E-state index contributed by atoms with van der Waals surface area (Å²) in [5.74, 6) is -1.79. The van der Waals surface area contributed by atoms with E-state index in [-0.39, 0.29) is 41.7 Å². The third kappa shape index (κ3) is 8.83. The number of hydrogen-bond donors (Lipinski definition) is 2. The van der Waals surface area contributed by atoms with E-state index in [0.29, 0.717) is 6.42 Å². The first-order valence-corrected chi connectivity index (χ1v) is 12.9. The number of aliphatic hydroxyl groups excluding tert-OH is 2. The SMILES string of the molecule is CCC(C)C(=O)C1=C(O)C(CC=C(C)CCC=C(C)C)(CC=C(C)CCC=C(C)C)C(=O)C=C1O. The maximum Gasteiger partial charge on any atom is 0.173 e. The Morgan fingerprint density at radius 1 is 0.886 bits per heavy atom. The molecular formula is C31H46O4. The molecule has 4 heteroatoms. The number of aliphatic hydroxyl groups is 2. The molecule has 0 heterocycles. The zero-order valence-corrected chi connectivity index (χ0v) is 23.1. The lowest BCUT2D eigenvalue weighted by Gasteiger charge is -2.34. The van der Waals surface area contributed by atoms with Crippen LogP contribution in [0.4, 0.5) is 0 Å². The van der Waals surface area contributed by atoms with Gasteiger partial charge in [-0.25, -0.2) is 0 Å². The topological polar surface area (TPSA) is 74.6 Å². The predicted molar refractivity (Wildman–Crippen MR) is 146 cm³/mol. The van der Waals surface area contributed by atoms with Crippen molar-refractivity contribution in [3.63, 3.8) is 0 Å². The van der Waals surface area contributed by atoms with Gasteiger partial charge in [0.1, 0.15) is 11.5 Å². The number of hydrogen-bond acceptors (Lipinski definition) is 4. The molecule has 1 aliphatic carbocycles. The van der Waals surface area contributed by atoms with E-state index in [1.54, 1.807) is 6.92 Å². The largest absolute Gasteiger partial charge is 0.510 e. The molecule has 0 fully saturated rings. The Labute approximate surface area is 212 Å². The highest BCUT2D eigenvalue weighted by Crippen LogP contribution is 2.44. The van der Waals surface area contributed by atoms with Crippen LogP contribution < -0.4 is 0 Å². The second-order valence-electron chi connectivity index (χ2n) is 10.5. The molecule has 1 unspecified atom stereocenters. The molecule has 1 aliphatic rings. The van der Waals surface area contributed by atoms with Crippen LogP contribution >= 0.6 is 0 Å². The number of carbonyl (C=O) groups is 2. The molecule has 0 aliphatic heterocycles. The van der Waals surface area contributed by atoms with E-state index in [4.69, 9.17) is 0 Å². The van der Waals surface area contributed by atoms with Crippen LogP contribution in [0.25, 0.3) is 0 Å². The van der Waals surface area contributed by atoms with Crippen LogP contribution in [0.5, 0.6) is 0 Å². The van der Waals surface area contributed by atoms with Crippen molar-refractivity contribution in [2.75, 3.05) is 0 Å². The Morgan fingerprint density at radius 2 is 1.34 bits per heavy atom. The standard InChI is InChI=1S/C31H46O4/c1-9-25(8)29(34)28-26(32)20-27(33)31(30(28)35,18-16-23(6)14-10-12-21(2)3)19-17-24(7)15-11-13-22(4)5/h12-13,16-17,20,25,32,35H,9-11,14-15,18-19H2,1-8H3. The molecule has 4 nitrogen and oxygen atoms in total. The summed E-state index contributed by atoms with van der Waals surface area (Å²) in [4.78, 5) is 26.4. The maximum absolute atomic E-state index is 13.4. The monoisotopic (exact) mass is 482 g/mol. The van der Waals surface area contributed by atoms with Crippen molar-refractivity contribution in [1.82, 2.24) is 0 Å². The van der Waals surface area contributed by atoms with E-state index in [1.165, 1.54) is 11.1 Å². The average molecular weight is 483 g/mol. The van der Waals surface area contributed by atoms with Crippen LogP contribution in [-0.4, -0.2) is 21.8 Å². The fourth-order valence-electron chi connectivity index (χ4n) is 4.04. The summed E-state index contributed by atoms with van der Waals surface area (Å²) in [7, 11) is 0. The van der Waals surface area contributed by atoms with Crippen molar-refractivity contribution >= 4 is 11.6 Å². The first-order chi connectivity index (χ1) is 16.3. The lowest BCUT2D eigenvalue weighted by atomic mass is 9.69.